The number of pyridine rings is 4. The molecule has 0 radical (unpaired) electrons. The maximum Gasteiger partial charge on any atom is 0.355 e. The summed E-state index contributed by atoms with van der Waals surface area (Å²) in [7, 11) is 0. The Morgan fingerprint density at radius 3 is 1.28 bits per heavy atom. The number of amides is 3. The summed E-state index contributed by atoms with van der Waals surface area (Å²) in [4.78, 5) is 153. The highest BCUT2D eigenvalue weighted by atomic mass is 16.6. The zero-order valence-corrected chi connectivity index (χ0v) is 59.8. The Morgan fingerprint density at radius 1 is 0.505 bits per heavy atom. The van der Waals surface area contributed by atoms with Crippen LogP contribution in [-0.4, -0.2) is 225 Å². The summed E-state index contributed by atoms with van der Waals surface area (Å²) in [5, 5.41) is 38.3. The third-order valence-electron chi connectivity index (χ3n) is 18.2. The van der Waals surface area contributed by atoms with Crippen molar-refractivity contribution in [2.75, 3.05) is 125 Å². The van der Waals surface area contributed by atoms with Gasteiger partial charge >= 0.3 is 29.8 Å². The quantitative estimate of drug-likeness (QED) is 0.0180. The van der Waals surface area contributed by atoms with Crippen molar-refractivity contribution in [2.45, 2.75) is 110 Å². The molecule has 574 valence electrons. The van der Waals surface area contributed by atoms with Crippen molar-refractivity contribution in [2.24, 2.45) is 0 Å². The van der Waals surface area contributed by atoms with Gasteiger partial charge in [0.25, 0.3) is 11.1 Å². The molecule has 4 atom stereocenters. The number of cyclic esters (lactones) is 2. The van der Waals surface area contributed by atoms with Crippen molar-refractivity contribution in [3.05, 3.63) is 114 Å². The number of nitrogens with zero attached hydrogens (tertiary/aromatic N) is 4. The smallest absolute Gasteiger partial charge is 0.355 e. The van der Waals surface area contributed by atoms with Crippen LogP contribution in [0, 0.1) is 0 Å². The van der Waals surface area contributed by atoms with Gasteiger partial charge in [-0.3, -0.25) is 38.4 Å². The van der Waals surface area contributed by atoms with Gasteiger partial charge in [0.05, 0.1) is 144 Å². The van der Waals surface area contributed by atoms with Crippen LogP contribution < -0.4 is 27.1 Å². The Kier molecular flexibility index (Phi) is 27.0. The van der Waals surface area contributed by atoms with Crippen LogP contribution in [-0.2, 0) is 155 Å². The van der Waals surface area contributed by atoms with Gasteiger partial charge in [-0.1, -0.05) is 27.7 Å². The molecule has 4 aliphatic heterocycles. The number of ketones is 1. The number of fused-ring (bicyclic) bond motifs is 10. The summed E-state index contributed by atoms with van der Waals surface area (Å²) < 4.78 is 76.7. The molecule has 0 bridgehead atoms. The van der Waals surface area contributed by atoms with E-state index in [4.69, 9.17) is 76.7 Å². The Morgan fingerprint density at radius 2 is 0.888 bits per heavy atom. The number of phenols is 2. The summed E-state index contributed by atoms with van der Waals surface area (Å²) in [5.74, 6) is -7.11. The molecule has 3 amide bonds. The van der Waals surface area contributed by atoms with Gasteiger partial charge in [-0.05, 0) is 92.3 Å². The topological polar surface area (TPSA) is 440 Å². The van der Waals surface area contributed by atoms with E-state index in [1.54, 1.807) is 50.2 Å². The van der Waals surface area contributed by atoms with E-state index in [9.17, 15) is 63.0 Å². The molecule has 4 aliphatic rings. The first-order valence-corrected chi connectivity index (χ1v) is 34.9. The van der Waals surface area contributed by atoms with Crippen molar-refractivity contribution >= 4 is 75.2 Å². The molecule has 10 rings (SSSR count). The van der Waals surface area contributed by atoms with Crippen LogP contribution in [0.4, 0.5) is 0 Å². The number of carboxylic acids is 1. The molecular formula is C73H85N7O27. The number of benzene rings is 2. The number of nitrogens with one attached hydrogen (secondary N) is 3. The number of carbonyl (C=O) groups excluding carboxylic acids is 8. The van der Waals surface area contributed by atoms with E-state index in [0.717, 1.165) is 33.0 Å². The van der Waals surface area contributed by atoms with E-state index in [2.05, 4.69) is 16.0 Å². The number of esters is 4. The third-order valence-corrected chi connectivity index (χ3v) is 18.2. The molecule has 0 saturated carbocycles. The van der Waals surface area contributed by atoms with E-state index < -0.39 is 115 Å². The Balaban J connectivity index is 0.708. The number of ether oxygens (including phenoxy) is 13. The molecule has 0 fully saturated rings. The van der Waals surface area contributed by atoms with Gasteiger partial charge in [0, 0.05) is 33.0 Å². The molecule has 6 aromatic rings. The molecule has 0 aliphatic carbocycles. The number of hydrogen-bond acceptors (Lipinski definition) is 28. The van der Waals surface area contributed by atoms with E-state index in [1.165, 1.54) is 28.2 Å². The standard InChI is InChI=1S/C73H85N7O27/c1-6-46-48-22-42(82)10-12-56(48)77-66-50(46)29-79-58(66)24-54-52(68(79)91)35-104-70(93)72(54,8-3)106-64(89)27-75-61(85)38-98-17-15-96-31-44(33-101-34-45(103-21-19-100-40-63(87)88)32-95-14-16-97-37-60(84)74-26-41(5)81)102-20-18-99-39-62(86)76-28-65(90)107-73(9-4)55-25-59-67-51(30-80(59)69(92)53(55)36-105-71(73)94)47(7-2)49-23-43(83)11-13-57(49)78-67/h10-13,22-25,44-45,82-83H,6-9,14-21,26-40H2,1-5H3,(H,74,84)(H,75,85)(H,76,86)(H,87,88)/t44?,45?,72-,73-/m0/s1. The minimum absolute atomic E-state index is 0.000772. The minimum atomic E-state index is -2.06. The largest absolute Gasteiger partial charge is 0.508 e. The number of aryl methyl sites for hydroxylation is 2. The van der Waals surface area contributed by atoms with Crippen molar-refractivity contribution in [1.82, 2.24) is 35.1 Å². The van der Waals surface area contributed by atoms with Crippen LogP contribution in [0.1, 0.15) is 92.0 Å². The molecule has 107 heavy (non-hydrogen) atoms. The minimum Gasteiger partial charge on any atom is -0.508 e. The molecule has 2 aromatic carbocycles. The number of phenolic OH excluding ortho intramolecular Hbond substituents is 2. The number of carbonyl (C=O) groups is 9. The van der Waals surface area contributed by atoms with Crippen molar-refractivity contribution in [1.29, 1.82) is 0 Å². The second kappa shape index (κ2) is 36.4. The molecule has 4 aromatic heterocycles. The van der Waals surface area contributed by atoms with E-state index in [1.807, 2.05) is 13.8 Å². The Hall–Kier alpha value is -10.2. The number of aliphatic carboxylic acids is 1. The van der Waals surface area contributed by atoms with Crippen molar-refractivity contribution < 1.29 is 120 Å². The lowest BCUT2D eigenvalue weighted by molar-refractivity contribution is -0.189. The van der Waals surface area contributed by atoms with Crippen molar-refractivity contribution in [3.8, 4) is 34.3 Å². The Bertz CT molecular complexity index is 4500. The highest BCUT2D eigenvalue weighted by Gasteiger charge is 2.52. The molecule has 2 unspecified atom stereocenters. The molecule has 8 heterocycles. The lowest BCUT2D eigenvalue weighted by atomic mass is 9.85. The molecular weight excluding hydrogens is 1410 g/mol. The first kappa shape index (κ1) is 79.4. The summed E-state index contributed by atoms with van der Waals surface area (Å²) in [6, 6.07) is 12.9. The van der Waals surface area contributed by atoms with Crippen LogP contribution in [0.15, 0.2) is 58.1 Å². The average molecular weight is 1490 g/mol. The number of rotatable bonds is 42. The number of Topliss-reactive ketones (excluding diaryl/α,β-unsaturated/α-hetero) is 1. The van der Waals surface area contributed by atoms with Crippen molar-refractivity contribution in [3.63, 3.8) is 0 Å². The Labute approximate surface area is 611 Å². The van der Waals surface area contributed by atoms with Crippen LogP contribution in [0.25, 0.3) is 44.6 Å². The maximum absolute atomic E-state index is 14.2. The maximum atomic E-state index is 14.2. The first-order chi connectivity index (χ1) is 51.5. The zero-order chi connectivity index (χ0) is 76.5. The number of aromatic hydroxyl groups is 2. The second-order valence-electron chi connectivity index (χ2n) is 25.3. The van der Waals surface area contributed by atoms with Gasteiger partial charge < -0.3 is 102 Å². The predicted octanol–water partition coefficient (Wildman–Crippen LogP) is 1.72. The van der Waals surface area contributed by atoms with Gasteiger partial charge in [-0.2, -0.15) is 0 Å². The summed E-state index contributed by atoms with van der Waals surface area (Å²) in [6.45, 7) is 3.35. The average Bonchev–Trinajstić information content (AvgIpc) is 1.63. The molecule has 34 nitrogen and oxygen atoms in total. The van der Waals surface area contributed by atoms with Crippen LogP contribution >= 0.6 is 0 Å². The fourth-order valence-electron chi connectivity index (χ4n) is 13.1. The fourth-order valence-corrected chi connectivity index (χ4v) is 13.1. The summed E-state index contributed by atoms with van der Waals surface area (Å²) in [5.41, 5.74) is 1.80. The van der Waals surface area contributed by atoms with E-state index in [0.29, 0.717) is 46.7 Å². The van der Waals surface area contributed by atoms with Gasteiger partial charge in [-0.15, -0.1) is 0 Å². The zero-order valence-electron chi connectivity index (χ0n) is 59.8. The monoisotopic (exact) mass is 1490 g/mol. The summed E-state index contributed by atoms with van der Waals surface area (Å²) >= 11 is 0. The molecule has 0 saturated heterocycles. The molecule has 6 N–H and O–H groups in total. The number of hydrogen-bond donors (Lipinski definition) is 6. The summed E-state index contributed by atoms with van der Waals surface area (Å²) in [6.07, 6.45) is -0.729. The van der Waals surface area contributed by atoms with E-state index in [-0.39, 0.29) is 171 Å². The number of aromatic nitrogens is 4. The highest BCUT2D eigenvalue weighted by molar-refractivity contribution is 5.94. The van der Waals surface area contributed by atoms with Crippen LogP contribution in [0.3, 0.4) is 0 Å². The molecule has 0 spiro atoms. The number of carboxylic acid groups (broad SMARTS) is 1. The van der Waals surface area contributed by atoms with Crippen LogP contribution in [0.2, 0.25) is 0 Å². The predicted molar refractivity (Wildman–Crippen MR) is 371 cm³/mol. The van der Waals surface area contributed by atoms with E-state index >= 15 is 0 Å². The second-order valence-corrected chi connectivity index (χ2v) is 25.3. The van der Waals surface area contributed by atoms with Gasteiger partial charge in [0.2, 0.25) is 28.9 Å². The van der Waals surface area contributed by atoms with Gasteiger partial charge in [-0.25, -0.2) is 24.4 Å². The lowest BCUT2D eigenvalue weighted by Crippen LogP contribution is -2.48. The normalized spacial score (nSPS) is 16.5. The highest BCUT2D eigenvalue weighted by Crippen LogP contribution is 2.45. The van der Waals surface area contributed by atoms with Gasteiger partial charge in [0.1, 0.15) is 82.2 Å². The first-order valence-electron chi connectivity index (χ1n) is 34.9. The SMILES string of the molecule is CCc1c2c(nc3ccc(O)cc13)-c1cc3c(c(=O)n1C2)COC(=O)[C@@]3(CC)OC(=O)CNC(=O)COCCOCC(COCC(COCCOCC(=O)NCC(C)=O)OCCOCC(=O)O)OCCOCC(=O)NCC(=O)O[C@]1(CC)C(=O)OCc2c1cc1n(c2=O)Cc2c-1nc1ccc(O)cc1c2CC. The van der Waals surface area contributed by atoms with Gasteiger partial charge in [0.15, 0.2) is 0 Å². The van der Waals surface area contributed by atoms with Crippen LogP contribution in [0.5, 0.6) is 11.5 Å². The fraction of sp³-hybridized carbons (Fsp3) is 0.493. The third kappa shape index (κ3) is 18.6. The molecule has 34 heteroatoms. The lowest BCUT2D eigenvalue weighted by Gasteiger charge is -2.35.